The molecule has 0 spiro atoms. The first-order valence-electron chi connectivity index (χ1n) is 6.71. The molecule has 5 nitrogen and oxygen atoms in total. The van der Waals surface area contributed by atoms with Gasteiger partial charge in [0.05, 0.1) is 35.9 Å². The number of benzene rings is 1. The third-order valence-corrected chi connectivity index (χ3v) is 3.97. The van der Waals surface area contributed by atoms with Crippen molar-refractivity contribution >= 4 is 23.3 Å². The van der Waals surface area contributed by atoms with Gasteiger partial charge in [-0.2, -0.15) is 5.26 Å². The smallest absolute Gasteiger partial charge is 0.178 e. The molecule has 1 aromatic carbocycles. The first-order valence-corrected chi connectivity index (χ1v) is 7.11. The highest BCUT2D eigenvalue weighted by atomic mass is 32.1. The SMILES string of the molecule is N#Cc1ccc2[nH]c(=S)n(CCN3CCOCC3)c2c1. The lowest BCUT2D eigenvalue weighted by atomic mass is 10.2. The van der Waals surface area contributed by atoms with Crippen LogP contribution in [0.25, 0.3) is 11.0 Å². The van der Waals surface area contributed by atoms with Crippen molar-refractivity contribution in [1.29, 1.82) is 5.26 Å². The van der Waals surface area contributed by atoms with Crippen LogP contribution in [0.2, 0.25) is 0 Å². The van der Waals surface area contributed by atoms with Crippen molar-refractivity contribution in [2.45, 2.75) is 6.54 Å². The topological polar surface area (TPSA) is 57.0 Å². The summed E-state index contributed by atoms with van der Waals surface area (Å²) in [7, 11) is 0. The van der Waals surface area contributed by atoms with Gasteiger partial charge in [0.1, 0.15) is 0 Å². The molecule has 20 heavy (non-hydrogen) atoms. The predicted octanol–water partition coefficient (Wildman–Crippen LogP) is 1.90. The van der Waals surface area contributed by atoms with Crippen LogP contribution < -0.4 is 0 Å². The Kier molecular flexibility index (Phi) is 3.83. The number of nitrogens with one attached hydrogen (secondary N) is 1. The van der Waals surface area contributed by atoms with E-state index in [4.69, 9.17) is 22.2 Å². The first kappa shape index (κ1) is 13.3. The maximum absolute atomic E-state index is 9.01. The van der Waals surface area contributed by atoms with Crippen LogP contribution >= 0.6 is 12.2 Å². The van der Waals surface area contributed by atoms with Crippen LogP contribution in [-0.2, 0) is 11.3 Å². The average molecular weight is 288 g/mol. The van der Waals surface area contributed by atoms with Crippen molar-refractivity contribution in [2.24, 2.45) is 0 Å². The molecule has 6 heteroatoms. The molecular weight excluding hydrogens is 272 g/mol. The normalized spacial score (nSPS) is 16.4. The van der Waals surface area contributed by atoms with E-state index in [0.717, 1.165) is 50.4 Å². The molecular formula is C14H16N4OS. The van der Waals surface area contributed by atoms with Crippen molar-refractivity contribution in [1.82, 2.24) is 14.5 Å². The Balaban J connectivity index is 1.84. The summed E-state index contributed by atoms with van der Waals surface area (Å²) in [5.74, 6) is 0. The summed E-state index contributed by atoms with van der Waals surface area (Å²) in [5.41, 5.74) is 2.64. The number of ether oxygens (including phenoxy) is 1. The Morgan fingerprint density at radius 2 is 2.10 bits per heavy atom. The summed E-state index contributed by atoms with van der Waals surface area (Å²) < 4.78 is 8.13. The molecule has 1 fully saturated rings. The third kappa shape index (κ3) is 2.61. The number of rotatable bonds is 3. The van der Waals surface area contributed by atoms with E-state index in [2.05, 4.69) is 20.5 Å². The summed E-state index contributed by atoms with van der Waals surface area (Å²) in [6.45, 7) is 5.32. The first-order chi connectivity index (χ1) is 9.78. The van der Waals surface area contributed by atoms with E-state index in [1.54, 1.807) is 6.07 Å². The molecule has 0 amide bonds. The summed E-state index contributed by atoms with van der Waals surface area (Å²) >= 11 is 5.38. The Hall–Kier alpha value is -1.68. The number of morpholine rings is 1. The Labute approximate surface area is 122 Å². The number of aromatic amines is 1. The lowest BCUT2D eigenvalue weighted by Crippen LogP contribution is -2.38. The number of aromatic nitrogens is 2. The molecule has 1 saturated heterocycles. The highest BCUT2D eigenvalue weighted by Crippen LogP contribution is 2.16. The third-order valence-electron chi connectivity index (χ3n) is 3.65. The molecule has 0 saturated carbocycles. The van der Waals surface area contributed by atoms with Gasteiger partial charge in [0.2, 0.25) is 0 Å². The number of nitrogens with zero attached hydrogens (tertiary/aromatic N) is 3. The van der Waals surface area contributed by atoms with Crippen LogP contribution in [0.1, 0.15) is 5.56 Å². The number of nitriles is 1. The van der Waals surface area contributed by atoms with Crippen LogP contribution in [0, 0.1) is 16.1 Å². The fourth-order valence-corrected chi connectivity index (χ4v) is 2.81. The maximum Gasteiger partial charge on any atom is 0.178 e. The van der Waals surface area contributed by atoms with Gasteiger partial charge in [0.15, 0.2) is 4.77 Å². The summed E-state index contributed by atoms with van der Waals surface area (Å²) in [6.07, 6.45) is 0. The van der Waals surface area contributed by atoms with Crippen molar-refractivity contribution < 1.29 is 4.74 Å². The predicted molar refractivity (Wildman–Crippen MR) is 79.1 cm³/mol. The zero-order valence-electron chi connectivity index (χ0n) is 11.1. The molecule has 1 N–H and O–H groups in total. The molecule has 1 aromatic heterocycles. The van der Waals surface area contributed by atoms with Crippen LogP contribution in [0.3, 0.4) is 0 Å². The molecule has 2 aromatic rings. The highest BCUT2D eigenvalue weighted by Gasteiger charge is 2.11. The van der Waals surface area contributed by atoms with Gasteiger partial charge in [-0.05, 0) is 30.4 Å². The van der Waals surface area contributed by atoms with Gasteiger partial charge in [-0.15, -0.1) is 0 Å². The second-order valence-electron chi connectivity index (χ2n) is 4.88. The van der Waals surface area contributed by atoms with Gasteiger partial charge in [-0.25, -0.2) is 0 Å². The van der Waals surface area contributed by atoms with Crippen LogP contribution in [0.15, 0.2) is 18.2 Å². The minimum atomic E-state index is 0.659. The van der Waals surface area contributed by atoms with Crippen LogP contribution in [0.5, 0.6) is 0 Å². The van der Waals surface area contributed by atoms with Crippen molar-refractivity contribution in [3.8, 4) is 6.07 Å². The monoisotopic (exact) mass is 288 g/mol. The van der Waals surface area contributed by atoms with E-state index in [9.17, 15) is 0 Å². The van der Waals surface area contributed by atoms with Gasteiger partial charge in [-0.3, -0.25) is 4.90 Å². The largest absolute Gasteiger partial charge is 0.379 e. The number of hydrogen-bond donors (Lipinski definition) is 1. The van der Waals surface area contributed by atoms with E-state index in [0.29, 0.717) is 10.3 Å². The lowest BCUT2D eigenvalue weighted by Gasteiger charge is -2.26. The van der Waals surface area contributed by atoms with Crippen molar-refractivity contribution in [3.63, 3.8) is 0 Å². The van der Waals surface area contributed by atoms with Crippen molar-refractivity contribution in [2.75, 3.05) is 32.8 Å². The van der Waals surface area contributed by atoms with E-state index < -0.39 is 0 Å². The van der Waals surface area contributed by atoms with Gasteiger partial charge >= 0.3 is 0 Å². The molecule has 3 rings (SSSR count). The quantitative estimate of drug-likeness (QED) is 0.877. The zero-order valence-corrected chi connectivity index (χ0v) is 11.9. The maximum atomic E-state index is 9.01. The van der Waals surface area contributed by atoms with Crippen molar-refractivity contribution in [3.05, 3.63) is 28.5 Å². The van der Waals surface area contributed by atoms with E-state index in [1.807, 2.05) is 12.1 Å². The zero-order chi connectivity index (χ0) is 13.9. The standard InChI is InChI=1S/C14H16N4OS/c15-10-11-1-2-12-13(9-11)18(14(20)16-12)4-3-17-5-7-19-8-6-17/h1-2,9H,3-8H2,(H,16,20). The Bertz CT molecular complexity index is 706. The Morgan fingerprint density at radius 1 is 1.30 bits per heavy atom. The molecule has 1 aliphatic heterocycles. The molecule has 0 radical (unpaired) electrons. The molecule has 0 atom stereocenters. The highest BCUT2D eigenvalue weighted by molar-refractivity contribution is 7.71. The van der Waals surface area contributed by atoms with Crippen LogP contribution in [-0.4, -0.2) is 47.3 Å². The Morgan fingerprint density at radius 3 is 2.85 bits per heavy atom. The van der Waals surface area contributed by atoms with Gasteiger partial charge in [0, 0.05) is 26.2 Å². The van der Waals surface area contributed by atoms with E-state index in [-0.39, 0.29) is 0 Å². The molecule has 0 unspecified atom stereocenters. The number of hydrogen-bond acceptors (Lipinski definition) is 4. The molecule has 1 aliphatic rings. The van der Waals surface area contributed by atoms with Gasteiger partial charge in [0.25, 0.3) is 0 Å². The minimum Gasteiger partial charge on any atom is -0.379 e. The molecule has 0 aliphatic carbocycles. The van der Waals surface area contributed by atoms with E-state index >= 15 is 0 Å². The number of imidazole rings is 1. The summed E-state index contributed by atoms with van der Waals surface area (Å²) in [5, 5.41) is 9.01. The molecule has 0 bridgehead atoms. The van der Waals surface area contributed by atoms with Crippen LogP contribution in [0.4, 0.5) is 0 Å². The molecule has 2 heterocycles. The number of H-pyrrole nitrogens is 1. The summed E-state index contributed by atoms with van der Waals surface area (Å²) in [4.78, 5) is 5.56. The molecule has 104 valence electrons. The minimum absolute atomic E-state index is 0.659. The second-order valence-corrected chi connectivity index (χ2v) is 5.27. The second kappa shape index (κ2) is 5.75. The fraction of sp³-hybridized carbons (Fsp3) is 0.429. The van der Waals surface area contributed by atoms with Gasteiger partial charge in [-0.1, -0.05) is 0 Å². The van der Waals surface area contributed by atoms with Gasteiger partial charge < -0.3 is 14.3 Å². The van der Waals surface area contributed by atoms with E-state index in [1.165, 1.54) is 0 Å². The number of fused-ring (bicyclic) bond motifs is 1. The lowest BCUT2D eigenvalue weighted by molar-refractivity contribution is 0.0365. The average Bonchev–Trinajstić information content (AvgIpc) is 2.80. The fourth-order valence-electron chi connectivity index (χ4n) is 2.51. The summed E-state index contributed by atoms with van der Waals surface area (Å²) in [6, 6.07) is 7.78.